The van der Waals surface area contributed by atoms with Crippen LogP contribution in [0.2, 0.25) is 0 Å². The summed E-state index contributed by atoms with van der Waals surface area (Å²) in [7, 11) is -4.67. The second kappa shape index (κ2) is 8.10. The highest BCUT2D eigenvalue weighted by Gasteiger charge is 2.56. The van der Waals surface area contributed by atoms with E-state index in [1.54, 1.807) is 11.1 Å². The molecule has 0 radical (unpaired) electrons. The lowest BCUT2D eigenvalue weighted by atomic mass is 9.47. The summed E-state index contributed by atoms with van der Waals surface area (Å²) in [4.78, 5) is 4.38. The Hall–Kier alpha value is -1.54. The number of hydrogen-bond donors (Lipinski definition) is 3. The molecule has 5 rings (SSSR count). The van der Waals surface area contributed by atoms with Crippen LogP contribution >= 0.6 is 0 Å². The zero-order valence-electron chi connectivity index (χ0n) is 18.2. The smallest absolute Gasteiger partial charge is 0.393 e. The van der Waals surface area contributed by atoms with E-state index in [4.69, 9.17) is 17.5 Å². The van der Waals surface area contributed by atoms with E-state index in [1.165, 1.54) is 37.7 Å². The quantitative estimate of drug-likeness (QED) is 0.424. The van der Waals surface area contributed by atoms with Gasteiger partial charge in [-0.15, -0.1) is 0 Å². The van der Waals surface area contributed by atoms with Crippen LogP contribution < -0.4 is 0 Å². The number of nitrogens with zero attached hydrogens (tertiary/aromatic N) is 1. The van der Waals surface area contributed by atoms with Crippen molar-refractivity contribution in [3.05, 3.63) is 47.8 Å². The third-order valence-corrected chi connectivity index (χ3v) is 8.63. The Kier molecular flexibility index (Phi) is 5.92. The van der Waals surface area contributed by atoms with E-state index in [0.717, 1.165) is 30.6 Å². The van der Waals surface area contributed by atoms with E-state index in [2.05, 4.69) is 43.1 Å². The lowest BCUT2D eigenvalue weighted by Gasteiger charge is -2.57. The van der Waals surface area contributed by atoms with Gasteiger partial charge < -0.3 is 5.11 Å². The standard InChI is InChI=1S/C24H31NO.H2O4S/c1-23-11-9-18(26)14-17(23)5-6-19-21-8-7-20(16-4-3-13-25-15-16)24(21,2)12-10-22(19)23;1-5(2,3)4/h3-5,7,13,15,18-19,21-22,26H,6,8-12,14H2,1-2H3;(H2,1,2,3,4)/t18-,19-,21-,22-,23-,24+;/m0./s1. The number of rotatable bonds is 1. The van der Waals surface area contributed by atoms with Crippen molar-refractivity contribution in [3.8, 4) is 0 Å². The van der Waals surface area contributed by atoms with Crippen LogP contribution in [0.1, 0.15) is 64.4 Å². The molecule has 4 aliphatic carbocycles. The zero-order chi connectivity index (χ0) is 22.4. The number of aliphatic hydroxyl groups excluding tert-OH is 1. The van der Waals surface area contributed by atoms with Gasteiger partial charge in [-0.3, -0.25) is 14.1 Å². The highest BCUT2D eigenvalue weighted by atomic mass is 32.3. The molecule has 6 nitrogen and oxygen atoms in total. The van der Waals surface area contributed by atoms with Crippen molar-refractivity contribution in [3.63, 3.8) is 0 Å². The molecule has 1 heterocycles. The first-order valence-electron chi connectivity index (χ1n) is 11.2. The first kappa shape index (κ1) is 22.6. The summed E-state index contributed by atoms with van der Waals surface area (Å²) in [5.74, 6) is 2.36. The molecule has 31 heavy (non-hydrogen) atoms. The largest absolute Gasteiger partial charge is 0.394 e. The minimum absolute atomic E-state index is 0.106. The maximum atomic E-state index is 10.2. The normalized spacial score (nSPS) is 39.1. The van der Waals surface area contributed by atoms with Crippen LogP contribution in [0.5, 0.6) is 0 Å². The van der Waals surface area contributed by atoms with Crippen LogP contribution in [-0.4, -0.2) is 33.7 Å². The van der Waals surface area contributed by atoms with Gasteiger partial charge in [0.05, 0.1) is 6.10 Å². The second-order valence-electron chi connectivity index (χ2n) is 10.2. The second-order valence-corrected chi connectivity index (χ2v) is 11.1. The zero-order valence-corrected chi connectivity index (χ0v) is 19.1. The van der Waals surface area contributed by atoms with Crippen molar-refractivity contribution in [1.82, 2.24) is 4.98 Å². The molecule has 0 aliphatic heterocycles. The SMILES string of the molecule is C[C@]12CC[C@H](O)CC1=CC[C@@H]1[C@@H]2CC[C@]2(C)C(c3cccnc3)=CC[C@@H]12.O=S(=O)(O)O. The number of aromatic nitrogens is 1. The number of hydrogen-bond acceptors (Lipinski definition) is 4. The molecule has 7 heteroatoms. The van der Waals surface area contributed by atoms with E-state index in [0.29, 0.717) is 10.8 Å². The number of fused-ring (bicyclic) bond motifs is 5. The van der Waals surface area contributed by atoms with Gasteiger partial charge in [0.25, 0.3) is 0 Å². The molecule has 2 saturated carbocycles. The average Bonchev–Trinajstić information content (AvgIpc) is 3.05. The Morgan fingerprint density at radius 3 is 2.42 bits per heavy atom. The van der Waals surface area contributed by atoms with Crippen molar-refractivity contribution in [1.29, 1.82) is 0 Å². The Morgan fingerprint density at radius 2 is 1.74 bits per heavy atom. The molecule has 0 amide bonds. The topological polar surface area (TPSA) is 108 Å². The molecule has 0 spiro atoms. The van der Waals surface area contributed by atoms with E-state index in [1.807, 2.05) is 12.4 Å². The maximum Gasteiger partial charge on any atom is 0.394 e. The molecule has 1 aromatic rings. The highest BCUT2D eigenvalue weighted by Crippen LogP contribution is 2.66. The van der Waals surface area contributed by atoms with E-state index >= 15 is 0 Å². The molecule has 4 aliphatic rings. The van der Waals surface area contributed by atoms with Crippen LogP contribution in [0.15, 0.2) is 42.3 Å². The third kappa shape index (κ3) is 4.25. The summed E-state index contributed by atoms with van der Waals surface area (Å²) in [5, 5.41) is 10.2. The lowest BCUT2D eigenvalue weighted by molar-refractivity contribution is -0.0238. The fraction of sp³-hybridized carbons (Fsp3) is 0.625. The van der Waals surface area contributed by atoms with Gasteiger partial charge >= 0.3 is 10.4 Å². The highest BCUT2D eigenvalue weighted by molar-refractivity contribution is 7.79. The Bertz CT molecular complexity index is 980. The molecule has 0 aromatic carbocycles. The molecule has 0 unspecified atom stereocenters. The van der Waals surface area contributed by atoms with Gasteiger partial charge in [-0.2, -0.15) is 8.42 Å². The van der Waals surface area contributed by atoms with Gasteiger partial charge in [0, 0.05) is 12.4 Å². The Balaban J connectivity index is 0.000000418. The van der Waals surface area contributed by atoms with Crippen LogP contribution in [0.25, 0.3) is 5.57 Å². The van der Waals surface area contributed by atoms with Gasteiger partial charge in [0.2, 0.25) is 0 Å². The van der Waals surface area contributed by atoms with Gasteiger partial charge in [-0.05, 0) is 90.7 Å². The first-order chi connectivity index (χ1) is 14.5. The Morgan fingerprint density at radius 1 is 1.03 bits per heavy atom. The monoisotopic (exact) mass is 447 g/mol. The fourth-order valence-electron chi connectivity index (χ4n) is 7.18. The molecule has 2 fully saturated rings. The van der Waals surface area contributed by atoms with E-state index in [9.17, 15) is 5.11 Å². The summed E-state index contributed by atoms with van der Waals surface area (Å²) in [5.41, 5.74) is 5.09. The average molecular weight is 448 g/mol. The van der Waals surface area contributed by atoms with E-state index in [-0.39, 0.29) is 6.10 Å². The van der Waals surface area contributed by atoms with Crippen LogP contribution in [0.3, 0.4) is 0 Å². The van der Waals surface area contributed by atoms with Crippen molar-refractivity contribution < 1.29 is 22.6 Å². The maximum absolute atomic E-state index is 10.2. The fourth-order valence-corrected chi connectivity index (χ4v) is 7.18. The number of allylic oxidation sites excluding steroid dienone is 3. The van der Waals surface area contributed by atoms with Crippen LogP contribution in [0.4, 0.5) is 0 Å². The number of pyridine rings is 1. The summed E-state index contributed by atoms with van der Waals surface area (Å²) >= 11 is 0. The molecule has 170 valence electrons. The summed E-state index contributed by atoms with van der Waals surface area (Å²) in [6, 6.07) is 4.31. The van der Waals surface area contributed by atoms with Crippen LogP contribution in [-0.2, 0) is 10.4 Å². The van der Waals surface area contributed by atoms with Crippen LogP contribution in [0, 0.1) is 28.6 Å². The predicted octanol–water partition coefficient (Wildman–Crippen LogP) is 4.75. The lowest BCUT2D eigenvalue weighted by Crippen LogP contribution is -2.49. The minimum Gasteiger partial charge on any atom is -0.393 e. The summed E-state index contributed by atoms with van der Waals surface area (Å²) in [6.45, 7) is 5.03. The molecule has 3 N–H and O–H groups in total. The van der Waals surface area contributed by atoms with Gasteiger partial charge in [0.15, 0.2) is 0 Å². The first-order valence-corrected chi connectivity index (χ1v) is 12.6. The Labute approximate surface area is 185 Å². The molecule has 0 bridgehead atoms. The van der Waals surface area contributed by atoms with Crippen molar-refractivity contribution in [2.24, 2.45) is 28.6 Å². The molecular weight excluding hydrogens is 414 g/mol. The third-order valence-electron chi connectivity index (χ3n) is 8.63. The summed E-state index contributed by atoms with van der Waals surface area (Å²) in [6.07, 6.45) is 17.0. The van der Waals surface area contributed by atoms with Gasteiger partial charge in [-0.1, -0.05) is 37.6 Å². The molecule has 1 aromatic heterocycles. The van der Waals surface area contributed by atoms with Crippen molar-refractivity contribution in [2.45, 2.75) is 64.9 Å². The van der Waals surface area contributed by atoms with Gasteiger partial charge in [-0.25, -0.2) is 0 Å². The number of aliphatic hydroxyl groups is 1. The predicted molar refractivity (Wildman–Crippen MR) is 119 cm³/mol. The minimum atomic E-state index is -4.67. The van der Waals surface area contributed by atoms with Crippen molar-refractivity contribution >= 4 is 16.0 Å². The van der Waals surface area contributed by atoms with Gasteiger partial charge in [0.1, 0.15) is 0 Å². The van der Waals surface area contributed by atoms with E-state index < -0.39 is 10.4 Å². The molecular formula is C24H33NO5S. The molecule has 6 atom stereocenters. The van der Waals surface area contributed by atoms with Crippen molar-refractivity contribution in [2.75, 3.05) is 0 Å². The summed E-state index contributed by atoms with van der Waals surface area (Å²) < 4.78 is 31.6. The molecule has 0 saturated heterocycles.